The first-order chi connectivity index (χ1) is 12.7. The highest BCUT2D eigenvalue weighted by molar-refractivity contribution is 6.12. The van der Waals surface area contributed by atoms with Crippen LogP contribution in [0.1, 0.15) is 73.4 Å². The maximum absolute atomic E-state index is 13.2. The van der Waals surface area contributed by atoms with Crippen LogP contribution in [0.2, 0.25) is 0 Å². The van der Waals surface area contributed by atoms with Gasteiger partial charge in [-0.15, -0.1) is 0 Å². The maximum Gasteiger partial charge on any atom is 0.419 e. The summed E-state index contributed by atoms with van der Waals surface area (Å²) in [5, 5.41) is 2.16. The van der Waals surface area contributed by atoms with Gasteiger partial charge in [-0.1, -0.05) is 65.8 Å². The first kappa shape index (κ1) is 20.4. The minimum absolute atomic E-state index is 0.0000234. The summed E-state index contributed by atoms with van der Waals surface area (Å²) in [5.41, 5.74) is 3.65. The number of hydrogen-bond acceptors (Lipinski definition) is 2. The normalized spacial score (nSPS) is 13.3. The lowest BCUT2D eigenvalue weighted by molar-refractivity contribution is 0.0551. The molecule has 0 fully saturated rings. The summed E-state index contributed by atoms with van der Waals surface area (Å²) in [7, 11) is 0. The highest BCUT2D eigenvalue weighted by Gasteiger charge is 2.25. The Bertz CT molecular complexity index is 979. The predicted molar refractivity (Wildman–Crippen MR) is 118 cm³/mol. The van der Waals surface area contributed by atoms with Gasteiger partial charge < -0.3 is 4.74 Å². The van der Waals surface area contributed by atoms with Crippen molar-refractivity contribution in [3.63, 3.8) is 0 Å². The molecule has 3 rings (SSSR count). The Balaban J connectivity index is 2.38. The summed E-state index contributed by atoms with van der Waals surface area (Å²) < 4.78 is 7.52. The fraction of sp³-hybridized carbons (Fsp3) is 0.480. The molecule has 0 spiro atoms. The average molecular weight is 380 g/mol. The zero-order valence-electron chi connectivity index (χ0n) is 18.7. The molecule has 3 nitrogen and oxygen atoms in total. The quantitative estimate of drug-likeness (QED) is 0.414. The maximum atomic E-state index is 13.2. The lowest BCUT2D eigenvalue weighted by Crippen LogP contribution is -2.27. The number of rotatable bonds is 0. The van der Waals surface area contributed by atoms with E-state index in [2.05, 4.69) is 77.9 Å². The summed E-state index contributed by atoms with van der Waals surface area (Å²) in [6.45, 7) is 18.8. The number of ether oxygens (including phenoxy) is 1. The van der Waals surface area contributed by atoms with E-state index in [-0.39, 0.29) is 16.9 Å². The minimum Gasteiger partial charge on any atom is -0.443 e. The van der Waals surface area contributed by atoms with Crippen LogP contribution in [0.25, 0.3) is 21.8 Å². The van der Waals surface area contributed by atoms with Gasteiger partial charge in [-0.3, -0.25) is 0 Å². The summed E-state index contributed by atoms with van der Waals surface area (Å²) in [5.74, 6) is 0. The van der Waals surface area contributed by atoms with Crippen molar-refractivity contribution in [3.8, 4) is 0 Å². The molecule has 0 saturated heterocycles. The molecule has 0 atom stereocenters. The van der Waals surface area contributed by atoms with Gasteiger partial charge in [0, 0.05) is 10.8 Å². The van der Waals surface area contributed by atoms with Crippen LogP contribution in [0.5, 0.6) is 0 Å². The summed E-state index contributed by atoms with van der Waals surface area (Å²) in [6.07, 6.45) is -0.329. The van der Waals surface area contributed by atoms with Crippen molar-refractivity contribution in [1.29, 1.82) is 0 Å². The van der Waals surface area contributed by atoms with Crippen LogP contribution in [0, 0.1) is 0 Å². The molecule has 0 aliphatic carbocycles. The third-order valence-electron chi connectivity index (χ3n) is 5.08. The molecular formula is C25H33NO2. The van der Waals surface area contributed by atoms with Crippen LogP contribution < -0.4 is 0 Å². The van der Waals surface area contributed by atoms with Gasteiger partial charge in [0.25, 0.3) is 0 Å². The molecular weight excluding hydrogens is 346 g/mol. The van der Waals surface area contributed by atoms with Crippen LogP contribution in [-0.4, -0.2) is 16.3 Å². The molecule has 0 amide bonds. The Labute approximate surface area is 168 Å². The van der Waals surface area contributed by atoms with Crippen LogP contribution in [-0.2, 0) is 15.6 Å². The molecule has 0 radical (unpaired) electrons. The van der Waals surface area contributed by atoms with Crippen molar-refractivity contribution in [2.24, 2.45) is 0 Å². The lowest BCUT2D eigenvalue weighted by atomic mass is 9.86. The van der Waals surface area contributed by atoms with E-state index >= 15 is 0 Å². The van der Waals surface area contributed by atoms with Crippen LogP contribution in [0.3, 0.4) is 0 Å². The number of aromatic nitrogens is 1. The van der Waals surface area contributed by atoms with Crippen LogP contribution in [0.15, 0.2) is 36.4 Å². The number of nitrogens with zero attached hydrogens (tertiary/aromatic N) is 1. The number of carbonyl (C=O) groups excluding carboxylic acids is 1. The molecule has 0 bridgehead atoms. The second-order valence-corrected chi connectivity index (χ2v) is 10.8. The molecule has 0 aliphatic heterocycles. The monoisotopic (exact) mass is 379 g/mol. The van der Waals surface area contributed by atoms with E-state index < -0.39 is 5.60 Å². The standard InChI is InChI=1S/C25H33NO2/c1-23(2,3)16-10-12-18-19-13-11-17(24(4,5)6)15-21(19)26(20(18)14-16)22(27)28-25(7,8)9/h10-15H,1-9H3. The van der Waals surface area contributed by atoms with E-state index in [9.17, 15) is 4.79 Å². The Kier molecular flexibility index (Phi) is 4.65. The van der Waals surface area contributed by atoms with E-state index in [1.165, 1.54) is 11.1 Å². The molecule has 0 saturated carbocycles. The molecule has 3 aromatic rings. The first-order valence-electron chi connectivity index (χ1n) is 10.0. The fourth-order valence-electron chi connectivity index (χ4n) is 3.46. The molecule has 2 aromatic carbocycles. The number of hydrogen-bond donors (Lipinski definition) is 0. The minimum atomic E-state index is -0.552. The van der Waals surface area contributed by atoms with Crippen molar-refractivity contribution in [2.75, 3.05) is 0 Å². The van der Waals surface area contributed by atoms with Gasteiger partial charge in [-0.25, -0.2) is 9.36 Å². The van der Waals surface area contributed by atoms with Gasteiger partial charge in [-0.2, -0.15) is 0 Å². The molecule has 3 heteroatoms. The van der Waals surface area contributed by atoms with Crippen molar-refractivity contribution in [2.45, 2.75) is 78.7 Å². The molecule has 1 aromatic heterocycles. The number of benzene rings is 2. The van der Waals surface area contributed by atoms with E-state index in [1.54, 1.807) is 4.57 Å². The average Bonchev–Trinajstić information content (AvgIpc) is 2.84. The van der Waals surface area contributed by atoms with Gasteiger partial charge in [0.05, 0.1) is 11.0 Å². The molecule has 0 N–H and O–H groups in total. The zero-order valence-corrected chi connectivity index (χ0v) is 18.7. The largest absolute Gasteiger partial charge is 0.443 e. The van der Waals surface area contributed by atoms with E-state index in [1.807, 2.05) is 20.8 Å². The topological polar surface area (TPSA) is 31.2 Å². The fourth-order valence-corrected chi connectivity index (χ4v) is 3.46. The Morgan fingerprint density at radius 3 is 1.43 bits per heavy atom. The predicted octanol–water partition coefficient (Wildman–Crippen LogP) is 7.17. The molecule has 0 unspecified atom stereocenters. The second kappa shape index (κ2) is 6.37. The number of carbonyl (C=O) groups is 1. The van der Waals surface area contributed by atoms with Gasteiger partial charge in [0.2, 0.25) is 0 Å². The summed E-state index contributed by atoms with van der Waals surface area (Å²) in [6, 6.07) is 12.9. The van der Waals surface area contributed by atoms with Gasteiger partial charge >= 0.3 is 6.09 Å². The van der Waals surface area contributed by atoms with Crippen molar-refractivity contribution >= 4 is 27.9 Å². The third-order valence-corrected chi connectivity index (χ3v) is 5.08. The highest BCUT2D eigenvalue weighted by atomic mass is 16.6. The third kappa shape index (κ3) is 3.80. The van der Waals surface area contributed by atoms with Gasteiger partial charge in [-0.05, 0) is 54.9 Å². The second-order valence-electron chi connectivity index (χ2n) is 10.8. The van der Waals surface area contributed by atoms with E-state index in [0.29, 0.717) is 0 Å². The molecule has 0 aliphatic rings. The molecule has 1 heterocycles. The Morgan fingerprint density at radius 2 is 1.11 bits per heavy atom. The lowest BCUT2D eigenvalue weighted by Gasteiger charge is -2.22. The Hall–Kier alpha value is -2.29. The zero-order chi connectivity index (χ0) is 21.1. The van der Waals surface area contributed by atoms with Crippen LogP contribution in [0.4, 0.5) is 4.79 Å². The molecule has 150 valence electrons. The smallest absolute Gasteiger partial charge is 0.419 e. The highest BCUT2D eigenvalue weighted by Crippen LogP contribution is 2.35. The summed E-state index contributed by atoms with van der Waals surface area (Å²) in [4.78, 5) is 13.2. The summed E-state index contributed by atoms with van der Waals surface area (Å²) >= 11 is 0. The van der Waals surface area contributed by atoms with Crippen molar-refractivity contribution in [1.82, 2.24) is 4.57 Å². The van der Waals surface area contributed by atoms with E-state index in [4.69, 9.17) is 4.74 Å². The van der Waals surface area contributed by atoms with E-state index in [0.717, 1.165) is 21.8 Å². The first-order valence-corrected chi connectivity index (χ1v) is 10.0. The molecule has 28 heavy (non-hydrogen) atoms. The van der Waals surface area contributed by atoms with Crippen LogP contribution >= 0.6 is 0 Å². The SMILES string of the molecule is CC(C)(C)OC(=O)n1c2cc(C(C)(C)C)ccc2c2ccc(C(C)(C)C)cc21. The van der Waals surface area contributed by atoms with Crippen molar-refractivity contribution < 1.29 is 9.53 Å². The number of fused-ring (bicyclic) bond motifs is 3. The van der Waals surface area contributed by atoms with Crippen molar-refractivity contribution in [3.05, 3.63) is 47.5 Å². The van der Waals surface area contributed by atoms with Gasteiger partial charge in [0.15, 0.2) is 0 Å². The van der Waals surface area contributed by atoms with Gasteiger partial charge in [0.1, 0.15) is 5.60 Å². The Morgan fingerprint density at radius 1 is 0.714 bits per heavy atom.